The van der Waals surface area contributed by atoms with Gasteiger partial charge in [0, 0.05) is 24.5 Å². The molecule has 2 saturated heterocycles. The first kappa shape index (κ1) is 16.9. The van der Waals surface area contributed by atoms with E-state index in [1.54, 1.807) is 7.05 Å². The molecule has 0 radical (unpaired) electrons. The summed E-state index contributed by atoms with van der Waals surface area (Å²) in [6.07, 6.45) is 4.45. The lowest BCUT2D eigenvalue weighted by molar-refractivity contribution is -0.133. The smallest absolute Gasteiger partial charge is 0.315 e. The van der Waals surface area contributed by atoms with Gasteiger partial charge in [0.2, 0.25) is 5.91 Å². The minimum Gasteiger partial charge on any atom is -0.338 e. The number of ketones is 1. The van der Waals surface area contributed by atoms with Crippen LogP contribution in [-0.4, -0.2) is 59.3 Å². The second-order valence-electron chi connectivity index (χ2n) is 5.79. The predicted octanol–water partition coefficient (Wildman–Crippen LogP) is 0.926. The Bertz CT molecular complexity index is 469. The van der Waals surface area contributed by atoms with Crippen LogP contribution in [0.1, 0.15) is 25.7 Å². The fraction of sp³-hybridized carbons (Fsp3) is 0.667. The molecule has 122 valence electrons. The number of hydrogen-bond acceptors (Lipinski definition) is 4. The normalized spacial score (nSPS) is 26.0. The molecule has 0 aliphatic carbocycles. The van der Waals surface area contributed by atoms with E-state index < -0.39 is 0 Å². The van der Waals surface area contributed by atoms with Crippen molar-refractivity contribution in [3.63, 3.8) is 0 Å². The average Bonchev–Trinajstić information content (AvgIpc) is 3.02. The fourth-order valence-electron chi connectivity index (χ4n) is 2.84. The van der Waals surface area contributed by atoms with Gasteiger partial charge in [-0.05, 0) is 18.9 Å². The van der Waals surface area contributed by atoms with Crippen molar-refractivity contribution in [2.24, 2.45) is 0 Å². The van der Waals surface area contributed by atoms with Crippen LogP contribution in [0.4, 0.5) is 4.79 Å². The van der Waals surface area contributed by atoms with Crippen LogP contribution in [0.5, 0.6) is 0 Å². The molecule has 3 amide bonds. The first-order valence-electron chi connectivity index (χ1n) is 7.59. The summed E-state index contributed by atoms with van der Waals surface area (Å²) in [7, 11) is 1.64. The number of unbranched alkanes of at least 4 members (excludes halogenated alkanes) is 1. The first-order valence-corrected chi connectivity index (χ1v) is 8.64. The Hall–Kier alpha value is -1.50. The van der Waals surface area contributed by atoms with Gasteiger partial charge in [0.1, 0.15) is 0 Å². The summed E-state index contributed by atoms with van der Waals surface area (Å²) in [5, 5.41) is 6.32. The number of likely N-dealkylation sites (N-methyl/N-ethyl adjacent to an activating group) is 1. The maximum atomic E-state index is 11.9. The van der Waals surface area contributed by atoms with Crippen LogP contribution in [-0.2, 0) is 9.59 Å². The number of nitrogens with zero attached hydrogens (tertiary/aromatic N) is 1. The summed E-state index contributed by atoms with van der Waals surface area (Å²) < 4.78 is 0. The first-order chi connectivity index (χ1) is 10.5. The largest absolute Gasteiger partial charge is 0.338 e. The third-order valence-electron chi connectivity index (χ3n) is 4.11. The van der Waals surface area contributed by atoms with Crippen LogP contribution < -0.4 is 10.6 Å². The Morgan fingerprint density at radius 2 is 2.18 bits per heavy atom. The Labute approximate surface area is 135 Å². The molecule has 3 atom stereocenters. The second kappa shape index (κ2) is 7.67. The topological polar surface area (TPSA) is 78.5 Å². The Morgan fingerprint density at radius 3 is 2.91 bits per heavy atom. The standard InChI is InChI=1S/C15H23N3O3S/c1-3-10(19)8-18(2)13(20)7-5-4-6-12-14-11(9-22-12)16-15(21)17-14/h3,11-12,14H,1,4-9H2,2H3,(H2,16,17,21)/t11-,12-,14-/m0/s1. The number of rotatable bonds is 8. The van der Waals surface area contributed by atoms with Gasteiger partial charge in [0.15, 0.2) is 5.78 Å². The maximum Gasteiger partial charge on any atom is 0.315 e. The van der Waals surface area contributed by atoms with Gasteiger partial charge in [-0.25, -0.2) is 4.79 Å². The average molecular weight is 325 g/mol. The van der Waals surface area contributed by atoms with E-state index in [4.69, 9.17) is 0 Å². The highest BCUT2D eigenvalue weighted by Crippen LogP contribution is 2.33. The number of amides is 3. The van der Waals surface area contributed by atoms with Gasteiger partial charge in [0.05, 0.1) is 18.6 Å². The molecular weight excluding hydrogens is 302 g/mol. The van der Waals surface area contributed by atoms with Gasteiger partial charge >= 0.3 is 6.03 Å². The minimum absolute atomic E-state index is 0.0111. The highest BCUT2D eigenvalue weighted by atomic mass is 32.2. The van der Waals surface area contributed by atoms with Gasteiger partial charge in [-0.3, -0.25) is 9.59 Å². The van der Waals surface area contributed by atoms with Crippen LogP contribution >= 0.6 is 11.8 Å². The predicted molar refractivity (Wildman–Crippen MR) is 86.8 cm³/mol. The summed E-state index contributed by atoms with van der Waals surface area (Å²) in [5.74, 6) is 0.802. The summed E-state index contributed by atoms with van der Waals surface area (Å²) in [5.41, 5.74) is 0. The molecule has 0 spiro atoms. The van der Waals surface area contributed by atoms with Crippen molar-refractivity contribution in [1.29, 1.82) is 0 Å². The number of hydrogen-bond donors (Lipinski definition) is 2. The molecular formula is C15H23N3O3S. The number of carbonyl (C=O) groups is 3. The minimum atomic E-state index is -0.145. The van der Waals surface area contributed by atoms with Gasteiger partial charge in [0.25, 0.3) is 0 Å². The zero-order valence-corrected chi connectivity index (χ0v) is 13.7. The van der Waals surface area contributed by atoms with Crippen molar-refractivity contribution >= 4 is 29.5 Å². The van der Waals surface area contributed by atoms with Crippen LogP contribution in [0.15, 0.2) is 12.7 Å². The van der Waals surface area contributed by atoms with Gasteiger partial charge < -0.3 is 15.5 Å². The van der Waals surface area contributed by atoms with E-state index in [0.29, 0.717) is 11.7 Å². The number of carbonyl (C=O) groups excluding carboxylic acids is 3. The quantitative estimate of drug-likeness (QED) is 0.395. The van der Waals surface area contributed by atoms with Crippen LogP contribution in [0.25, 0.3) is 0 Å². The molecule has 2 fully saturated rings. The molecule has 2 N–H and O–H groups in total. The molecule has 2 aliphatic heterocycles. The van der Waals surface area contributed by atoms with Crippen LogP contribution in [0.2, 0.25) is 0 Å². The van der Waals surface area contributed by atoms with Crippen LogP contribution in [0.3, 0.4) is 0 Å². The van der Waals surface area contributed by atoms with Crippen molar-refractivity contribution in [3.8, 4) is 0 Å². The SMILES string of the molecule is C=CC(=O)CN(C)C(=O)CCCC[C@@H]1SC[C@@H]2NC(=O)N[C@@H]21. The third kappa shape index (κ3) is 4.25. The van der Waals surface area contributed by atoms with E-state index in [2.05, 4.69) is 17.2 Å². The van der Waals surface area contributed by atoms with E-state index in [0.717, 1.165) is 25.0 Å². The molecule has 0 aromatic carbocycles. The Morgan fingerprint density at radius 1 is 1.41 bits per heavy atom. The second-order valence-corrected chi connectivity index (χ2v) is 7.06. The van der Waals surface area contributed by atoms with E-state index in [1.165, 1.54) is 11.0 Å². The van der Waals surface area contributed by atoms with Gasteiger partial charge in [-0.1, -0.05) is 13.0 Å². The fourth-order valence-corrected chi connectivity index (χ4v) is 4.39. The Balaban J connectivity index is 1.63. The molecule has 0 unspecified atom stereocenters. The summed E-state index contributed by atoms with van der Waals surface area (Å²) in [6.45, 7) is 3.50. The van der Waals surface area contributed by atoms with Crippen molar-refractivity contribution in [2.45, 2.75) is 43.0 Å². The number of fused-ring (bicyclic) bond motifs is 1. The van der Waals surface area contributed by atoms with E-state index in [1.807, 2.05) is 11.8 Å². The summed E-state index contributed by atoms with van der Waals surface area (Å²) in [4.78, 5) is 35.8. The lowest BCUT2D eigenvalue weighted by atomic mass is 10.0. The van der Waals surface area contributed by atoms with Gasteiger partial charge in [-0.2, -0.15) is 11.8 Å². The van der Waals surface area contributed by atoms with Crippen molar-refractivity contribution in [1.82, 2.24) is 15.5 Å². The van der Waals surface area contributed by atoms with E-state index in [-0.39, 0.29) is 36.3 Å². The Kier molecular flexibility index (Phi) is 5.88. The number of thioether (sulfide) groups is 1. The van der Waals surface area contributed by atoms with Crippen molar-refractivity contribution in [3.05, 3.63) is 12.7 Å². The van der Waals surface area contributed by atoms with E-state index in [9.17, 15) is 14.4 Å². The molecule has 0 bridgehead atoms. The zero-order valence-electron chi connectivity index (χ0n) is 12.8. The maximum absolute atomic E-state index is 11.9. The molecule has 2 aliphatic rings. The third-order valence-corrected chi connectivity index (χ3v) is 5.62. The highest BCUT2D eigenvalue weighted by molar-refractivity contribution is 8.00. The molecule has 0 aromatic rings. The van der Waals surface area contributed by atoms with Crippen LogP contribution in [0, 0.1) is 0 Å². The number of urea groups is 1. The van der Waals surface area contributed by atoms with Crippen molar-refractivity contribution < 1.29 is 14.4 Å². The molecule has 7 heteroatoms. The molecule has 0 saturated carbocycles. The van der Waals surface area contributed by atoms with Gasteiger partial charge in [-0.15, -0.1) is 0 Å². The molecule has 2 rings (SSSR count). The molecule has 22 heavy (non-hydrogen) atoms. The number of nitrogens with one attached hydrogen (secondary N) is 2. The summed E-state index contributed by atoms with van der Waals surface area (Å²) in [6, 6.07) is 0.408. The lowest BCUT2D eigenvalue weighted by Crippen LogP contribution is -2.36. The monoisotopic (exact) mass is 325 g/mol. The molecule has 2 heterocycles. The summed E-state index contributed by atoms with van der Waals surface area (Å²) >= 11 is 1.88. The van der Waals surface area contributed by atoms with Crippen molar-refractivity contribution in [2.75, 3.05) is 19.3 Å². The van der Waals surface area contributed by atoms with E-state index >= 15 is 0 Å². The lowest BCUT2D eigenvalue weighted by Gasteiger charge is -2.17. The zero-order chi connectivity index (χ0) is 16.1. The molecule has 0 aromatic heterocycles. The highest BCUT2D eigenvalue weighted by Gasteiger charge is 2.42. The molecule has 6 nitrogen and oxygen atoms in total.